The average Bonchev–Trinajstić information content (AvgIpc) is 2.64. The first-order valence-electron chi connectivity index (χ1n) is 7.82. The summed E-state index contributed by atoms with van der Waals surface area (Å²) in [4.78, 5) is 16.3. The lowest BCUT2D eigenvalue weighted by molar-refractivity contribution is -0.130. The van der Waals surface area contributed by atoms with Crippen molar-refractivity contribution in [3.8, 4) is 5.75 Å². The number of methoxy groups -OCH3 is 1. The lowest BCUT2D eigenvalue weighted by Gasteiger charge is -2.23. The van der Waals surface area contributed by atoms with Crippen LogP contribution in [0.5, 0.6) is 5.75 Å². The minimum Gasteiger partial charge on any atom is -0.494 e. The first kappa shape index (κ1) is 16.7. The summed E-state index contributed by atoms with van der Waals surface area (Å²) >= 11 is 0. The molecule has 0 saturated carbocycles. The molecule has 0 aliphatic carbocycles. The number of amides is 1. The number of benzene rings is 1. The van der Waals surface area contributed by atoms with Crippen molar-refractivity contribution in [1.82, 2.24) is 9.80 Å². The van der Waals surface area contributed by atoms with E-state index in [-0.39, 0.29) is 17.5 Å². The van der Waals surface area contributed by atoms with Crippen molar-refractivity contribution in [2.75, 3.05) is 33.3 Å². The Hall–Kier alpha value is -1.62. The van der Waals surface area contributed by atoms with Gasteiger partial charge in [-0.2, -0.15) is 0 Å². The van der Waals surface area contributed by atoms with Gasteiger partial charge in [0.05, 0.1) is 7.11 Å². The van der Waals surface area contributed by atoms with Crippen LogP contribution < -0.4 is 4.74 Å². The summed E-state index contributed by atoms with van der Waals surface area (Å²) in [5.74, 6) is 0.634. The maximum absolute atomic E-state index is 13.4. The van der Waals surface area contributed by atoms with Crippen LogP contribution in [-0.2, 0) is 11.3 Å². The second kappa shape index (κ2) is 7.58. The lowest BCUT2D eigenvalue weighted by atomic mass is 10.2. The number of carbonyl (C=O) groups excluding carboxylic acids is 1. The second-order valence-corrected chi connectivity index (χ2v) is 6.23. The molecule has 0 radical (unpaired) electrons. The molecule has 1 heterocycles. The highest BCUT2D eigenvalue weighted by Gasteiger charge is 2.21. The molecule has 2 rings (SSSR count). The summed E-state index contributed by atoms with van der Waals surface area (Å²) in [5, 5.41) is 0. The van der Waals surface area contributed by atoms with Crippen LogP contribution in [0.25, 0.3) is 0 Å². The van der Waals surface area contributed by atoms with E-state index in [4.69, 9.17) is 4.74 Å². The first-order chi connectivity index (χ1) is 10.5. The van der Waals surface area contributed by atoms with Crippen molar-refractivity contribution in [2.45, 2.75) is 26.8 Å². The number of hydrogen-bond donors (Lipinski definition) is 0. The first-order valence-corrected chi connectivity index (χ1v) is 7.82. The van der Waals surface area contributed by atoms with Gasteiger partial charge in [0.15, 0.2) is 11.6 Å². The van der Waals surface area contributed by atoms with Crippen molar-refractivity contribution >= 4 is 5.91 Å². The van der Waals surface area contributed by atoms with Crippen LogP contribution in [0.1, 0.15) is 25.8 Å². The van der Waals surface area contributed by atoms with Crippen molar-refractivity contribution in [3.05, 3.63) is 29.6 Å². The summed E-state index contributed by atoms with van der Waals surface area (Å²) in [5.41, 5.74) is 1.00. The van der Waals surface area contributed by atoms with Gasteiger partial charge < -0.3 is 9.64 Å². The number of carbonyl (C=O) groups is 1. The van der Waals surface area contributed by atoms with E-state index in [1.807, 2.05) is 4.90 Å². The molecule has 0 bridgehead atoms. The lowest BCUT2D eigenvalue weighted by Crippen LogP contribution is -2.35. The van der Waals surface area contributed by atoms with Gasteiger partial charge in [0, 0.05) is 39.1 Å². The minimum absolute atomic E-state index is 0.230. The molecule has 22 heavy (non-hydrogen) atoms. The van der Waals surface area contributed by atoms with Gasteiger partial charge in [0.25, 0.3) is 0 Å². The van der Waals surface area contributed by atoms with Crippen LogP contribution in [0.2, 0.25) is 0 Å². The van der Waals surface area contributed by atoms with Gasteiger partial charge in [-0.1, -0.05) is 19.9 Å². The highest BCUT2D eigenvalue weighted by atomic mass is 19.1. The number of halogens is 1. The smallest absolute Gasteiger partial charge is 0.223 e. The summed E-state index contributed by atoms with van der Waals surface area (Å²) in [6, 6.07) is 4.94. The van der Waals surface area contributed by atoms with E-state index in [0.29, 0.717) is 18.9 Å². The Kier molecular flexibility index (Phi) is 5.77. The summed E-state index contributed by atoms with van der Waals surface area (Å²) in [7, 11) is 1.47. The van der Waals surface area contributed by atoms with Crippen LogP contribution in [0, 0.1) is 11.7 Å². The van der Waals surface area contributed by atoms with Crippen molar-refractivity contribution in [3.63, 3.8) is 0 Å². The fourth-order valence-electron chi connectivity index (χ4n) is 2.76. The molecule has 0 spiro atoms. The van der Waals surface area contributed by atoms with Crippen molar-refractivity contribution in [2.24, 2.45) is 5.92 Å². The Balaban J connectivity index is 1.98. The molecule has 0 unspecified atom stereocenters. The molecule has 1 aromatic rings. The highest BCUT2D eigenvalue weighted by Crippen LogP contribution is 2.20. The van der Waals surface area contributed by atoms with Crippen molar-refractivity contribution in [1.29, 1.82) is 0 Å². The van der Waals surface area contributed by atoms with E-state index in [2.05, 4.69) is 18.7 Å². The fraction of sp³-hybridized carbons (Fsp3) is 0.588. The average molecular weight is 308 g/mol. The molecule has 1 aliphatic heterocycles. The molecule has 0 atom stereocenters. The van der Waals surface area contributed by atoms with E-state index < -0.39 is 0 Å². The quantitative estimate of drug-likeness (QED) is 0.838. The van der Waals surface area contributed by atoms with Gasteiger partial charge in [0.2, 0.25) is 5.91 Å². The minimum atomic E-state index is -0.347. The molecule has 4 nitrogen and oxygen atoms in total. The molecule has 1 amide bonds. The molecule has 1 fully saturated rings. The normalized spacial score (nSPS) is 17.0. The van der Waals surface area contributed by atoms with Crippen LogP contribution >= 0.6 is 0 Å². The third-order valence-corrected chi connectivity index (χ3v) is 3.89. The Bertz CT molecular complexity index is 519. The summed E-state index contributed by atoms with van der Waals surface area (Å²) < 4.78 is 18.5. The largest absolute Gasteiger partial charge is 0.494 e. The third-order valence-electron chi connectivity index (χ3n) is 3.89. The standard InChI is InChI=1S/C17H25FN2O2/c1-13(2)11-20-9-8-19(7-6-17(20)21)12-14-4-5-15(18)16(10-14)22-3/h4-5,10,13H,6-9,11-12H2,1-3H3. The molecule has 1 aliphatic rings. The molecule has 122 valence electrons. The Morgan fingerprint density at radius 2 is 2.05 bits per heavy atom. The van der Waals surface area contributed by atoms with Crippen LogP contribution in [-0.4, -0.2) is 49.0 Å². The Labute approximate surface area is 131 Å². The Morgan fingerprint density at radius 1 is 1.27 bits per heavy atom. The van der Waals surface area contributed by atoms with Crippen LogP contribution in [0.15, 0.2) is 18.2 Å². The topological polar surface area (TPSA) is 32.8 Å². The summed E-state index contributed by atoms with van der Waals surface area (Å²) in [6.07, 6.45) is 0.547. The van der Waals surface area contributed by atoms with E-state index >= 15 is 0 Å². The monoisotopic (exact) mass is 308 g/mol. The van der Waals surface area contributed by atoms with E-state index in [1.165, 1.54) is 13.2 Å². The molecular weight excluding hydrogens is 283 g/mol. The second-order valence-electron chi connectivity index (χ2n) is 6.23. The SMILES string of the molecule is COc1cc(CN2CCC(=O)N(CC(C)C)CC2)ccc1F. The molecule has 0 N–H and O–H groups in total. The van der Waals surface area contributed by atoms with Gasteiger partial charge in [-0.05, 0) is 23.6 Å². The molecule has 0 aromatic heterocycles. The maximum Gasteiger partial charge on any atom is 0.223 e. The van der Waals surface area contributed by atoms with E-state index in [9.17, 15) is 9.18 Å². The number of rotatable bonds is 5. The van der Waals surface area contributed by atoms with Gasteiger partial charge in [-0.3, -0.25) is 9.69 Å². The third kappa shape index (κ3) is 4.44. The zero-order valence-corrected chi connectivity index (χ0v) is 13.6. The fourth-order valence-corrected chi connectivity index (χ4v) is 2.76. The Morgan fingerprint density at radius 3 is 2.73 bits per heavy atom. The molecule has 1 aromatic carbocycles. The maximum atomic E-state index is 13.4. The van der Waals surface area contributed by atoms with Gasteiger partial charge >= 0.3 is 0 Å². The number of ether oxygens (including phenoxy) is 1. The molecule has 1 saturated heterocycles. The zero-order chi connectivity index (χ0) is 16.1. The van der Waals surface area contributed by atoms with Crippen molar-refractivity contribution < 1.29 is 13.9 Å². The molecular formula is C17H25FN2O2. The van der Waals surface area contributed by atoms with E-state index in [1.54, 1.807) is 12.1 Å². The van der Waals surface area contributed by atoms with Gasteiger partial charge in [-0.15, -0.1) is 0 Å². The summed E-state index contributed by atoms with van der Waals surface area (Å²) in [6.45, 7) is 8.12. The number of hydrogen-bond acceptors (Lipinski definition) is 3. The van der Waals surface area contributed by atoms with Gasteiger partial charge in [-0.25, -0.2) is 4.39 Å². The van der Waals surface area contributed by atoms with E-state index in [0.717, 1.165) is 31.7 Å². The van der Waals surface area contributed by atoms with Gasteiger partial charge in [0.1, 0.15) is 0 Å². The zero-order valence-electron chi connectivity index (χ0n) is 13.6. The predicted octanol–water partition coefficient (Wildman–Crippen LogP) is 2.52. The predicted molar refractivity (Wildman–Crippen MR) is 84.3 cm³/mol. The highest BCUT2D eigenvalue weighted by molar-refractivity contribution is 5.76. The number of nitrogens with zero attached hydrogens (tertiary/aromatic N) is 2. The van der Waals surface area contributed by atoms with Crippen LogP contribution in [0.3, 0.4) is 0 Å². The molecule has 5 heteroatoms. The van der Waals surface area contributed by atoms with Crippen LogP contribution in [0.4, 0.5) is 4.39 Å².